The van der Waals surface area contributed by atoms with Gasteiger partial charge in [0.15, 0.2) is 6.10 Å². The van der Waals surface area contributed by atoms with E-state index in [2.05, 4.69) is 5.32 Å². The van der Waals surface area contributed by atoms with Crippen LogP contribution >= 0.6 is 0 Å². The average molecular weight is 265 g/mol. The molecule has 4 nitrogen and oxygen atoms in total. The number of nitrogens with one attached hydrogen (secondary N) is 1. The number of hydrogen-bond acceptors (Lipinski definition) is 4. The minimum atomic E-state index is -4.70. The summed E-state index contributed by atoms with van der Waals surface area (Å²) in [7, 11) is 0. The fourth-order valence-electron chi connectivity index (χ4n) is 1.49. The maximum Gasteiger partial charge on any atom is 0.415 e. The van der Waals surface area contributed by atoms with Gasteiger partial charge >= 0.3 is 6.18 Å². The van der Waals surface area contributed by atoms with E-state index < -0.39 is 24.9 Å². The lowest BCUT2D eigenvalue weighted by Crippen LogP contribution is -2.39. The van der Waals surface area contributed by atoms with E-state index in [4.69, 9.17) is 5.11 Å². The fourth-order valence-corrected chi connectivity index (χ4v) is 1.49. The van der Waals surface area contributed by atoms with Crippen molar-refractivity contribution in [2.75, 3.05) is 6.54 Å². The number of phenolic OH excluding ortho intramolecular Hbond substituents is 2. The predicted octanol–water partition coefficient (Wildman–Crippen LogP) is 1.67. The molecule has 7 heteroatoms. The lowest BCUT2D eigenvalue weighted by atomic mass is 10.1. The van der Waals surface area contributed by atoms with Gasteiger partial charge in [0.2, 0.25) is 0 Å². The Hall–Kier alpha value is -1.47. The lowest BCUT2D eigenvalue weighted by Gasteiger charge is -2.20. The Morgan fingerprint density at radius 1 is 1.22 bits per heavy atom. The summed E-state index contributed by atoms with van der Waals surface area (Å²) in [6.45, 7) is 0.746. The highest BCUT2D eigenvalue weighted by Gasteiger charge is 2.38. The molecule has 18 heavy (non-hydrogen) atoms. The van der Waals surface area contributed by atoms with Crippen LogP contribution < -0.4 is 5.32 Å². The molecule has 2 atom stereocenters. The van der Waals surface area contributed by atoms with Gasteiger partial charge in [0, 0.05) is 12.6 Å². The third-order valence-corrected chi connectivity index (χ3v) is 2.49. The second-order valence-corrected chi connectivity index (χ2v) is 3.90. The van der Waals surface area contributed by atoms with Crippen molar-refractivity contribution in [3.8, 4) is 11.5 Å². The largest absolute Gasteiger partial charge is 0.507 e. The van der Waals surface area contributed by atoms with Gasteiger partial charge in [-0.05, 0) is 19.1 Å². The van der Waals surface area contributed by atoms with E-state index in [9.17, 15) is 23.4 Å². The van der Waals surface area contributed by atoms with Crippen molar-refractivity contribution < 1.29 is 28.5 Å². The molecule has 2 unspecified atom stereocenters. The quantitative estimate of drug-likeness (QED) is 0.668. The molecule has 0 spiro atoms. The van der Waals surface area contributed by atoms with Crippen molar-refractivity contribution >= 4 is 0 Å². The molecular formula is C11H14F3NO3. The molecule has 0 aliphatic rings. The minimum absolute atomic E-state index is 0.0897. The number of halogens is 3. The molecule has 4 N–H and O–H groups in total. The highest BCUT2D eigenvalue weighted by Crippen LogP contribution is 2.32. The second-order valence-electron chi connectivity index (χ2n) is 3.90. The molecular weight excluding hydrogens is 251 g/mol. The highest BCUT2D eigenvalue weighted by atomic mass is 19.4. The number of benzene rings is 1. The summed E-state index contributed by atoms with van der Waals surface area (Å²) in [5, 5.41) is 30.2. The van der Waals surface area contributed by atoms with Crippen LogP contribution in [0.4, 0.5) is 13.2 Å². The molecule has 0 aromatic heterocycles. The fraction of sp³-hybridized carbons (Fsp3) is 0.455. The number of phenols is 2. The normalized spacial score (nSPS) is 15.4. The van der Waals surface area contributed by atoms with Crippen LogP contribution in [-0.4, -0.2) is 34.1 Å². The van der Waals surface area contributed by atoms with Crippen molar-refractivity contribution in [1.29, 1.82) is 0 Å². The van der Waals surface area contributed by atoms with Crippen molar-refractivity contribution in [3.05, 3.63) is 23.8 Å². The van der Waals surface area contributed by atoms with Gasteiger partial charge in [-0.2, -0.15) is 13.2 Å². The molecule has 102 valence electrons. The smallest absolute Gasteiger partial charge is 0.415 e. The number of aliphatic hydroxyl groups is 1. The maximum absolute atomic E-state index is 12.1. The molecule has 0 saturated carbocycles. The van der Waals surface area contributed by atoms with Crippen LogP contribution in [-0.2, 0) is 0 Å². The number of hydrogen-bond donors (Lipinski definition) is 4. The Balaban J connectivity index is 2.69. The molecule has 0 aliphatic carbocycles. The van der Waals surface area contributed by atoms with E-state index in [0.29, 0.717) is 0 Å². The van der Waals surface area contributed by atoms with E-state index in [1.54, 1.807) is 0 Å². The predicted molar refractivity (Wildman–Crippen MR) is 58.3 cm³/mol. The molecule has 0 radical (unpaired) electrons. The zero-order chi connectivity index (χ0) is 13.9. The topological polar surface area (TPSA) is 72.7 Å². The Bertz CT molecular complexity index is 389. The highest BCUT2D eigenvalue weighted by molar-refractivity contribution is 5.44. The number of aromatic hydroxyl groups is 2. The van der Waals surface area contributed by atoms with E-state index in [0.717, 1.165) is 0 Å². The van der Waals surface area contributed by atoms with E-state index in [-0.39, 0.29) is 17.1 Å². The third kappa shape index (κ3) is 3.51. The van der Waals surface area contributed by atoms with Gasteiger partial charge in [-0.25, -0.2) is 0 Å². The molecule has 1 rings (SSSR count). The first-order chi connectivity index (χ1) is 8.23. The van der Waals surface area contributed by atoms with Crippen LogP contribution in [0.5, 0.6) is 11.5 Å². The second kappa shape index (κ2) is 5.45. The molecule has 0 amide bonds. The summed E-state index contributed by atoms with van der Waals surface area (Å²) in [6, 6.07) is 3.30. The minimum Gasteiger partial charge on any atom is -0.507 e. The Kier molecular flexibility index (Phi) is 4.42. The van der Waals surface area contributed by atoms with Crippen LogP contribution in [0.15, 0.2) is 18.2 Å². The Morgan fingerprint density at radius 3 is 2.17 bits per heavy atom. The lowest BCUT2D eigenvalue weighted by molar-refractivity contribution is -0.202. The average Bonchev–Trinajstić information content (AvgIpc) is 2.24. The van der Waals surface area contributed by atoms with E-state index in [1.807, 2.05) is 0 Å². The van der Waals surface area contributed by atoms with E-state index >= 15 is 0 Å². The van der Waals surface area contributed by atoms with Crippen molar-refractivity contribution in [2.45, 2.75) is 25.2 Å². The van der Waals surface area contributed by atoms with Crippen molar-refractivity contribution in [1.82, 2.24) is 5.32 Å². The standard InChI is InChI=1S/C11H14F3NO3/c1-6(15-5-9(18)11(12,13)14)10-7(16)3-2-4-8(10)17/h2-4,6,9,15-18H,5H2,1H3. The van der Waals surface area contributed by atoms with Crippen LogP contribution in [0.2, 0.25) is 0 Å². The van der Waals surface area contributed by atoms with Gasteiger partial charge in [-0.3, -0.25) is 0 Å². The summed E-state index contributed by atoms with van der Waals surface area (Å²) in [6.07, 6.45) is -7.19. The first-order valence-electron chi connectivity index (χ1n) is 5.22. The first-order valence-corrected chi connectivity index (χ1v) is 5.22. The summed E-state index contributed by atoms with van der Waals surface area (Å²) in [5.41, 5.74) is 0.0897. The molecule has 0 saturated heterocycles. The van der Waals surface area contributed by atoms with Crippen LogP contribution in [0.25, 0.3) is 0 Å². The summed E-state index contributed by atoms with van der Waals surface area (Å²) in [5.74, 6) is -0.451. The number of alkyl halides is 3. The number of rotatable bonds is 4. The van der Waals surface area contributed by atoms with E-state index in [1.165, 1.54) is 25.1 Å². The first kappa shape index (κ1) is 14.6. The third-order valence-electron chi connectivity index (χ3n) is 2.49. The van der Waals surface area contributed by atoms with Gasteiger partial charge in [0.05, 0.1) is 5.56 Å². The van der Waals surface area contributed by atoms with Crippen LogP contribution in [0.3, 0.4) is 0 Å². The molecule has 0 heterocycles. The molecule has 0 bridgehead atoms. The maximum atomic E-state index is 12.1. The van der Waals surface area contributed by atoms with Gasteiger partial charge in [0.1, 0.15) is 11.5 Å². The molecule has 0 fully saturated rings. The van der Waals surface area contributed by atoms with Crippen LogP contribution in [0.1, 0.15) is 18.5 Å². The Labute approximate surface area is 102 Å². The summed E-state index contributed by atoms with van der Waals surface area (Å²) < 4.78 is 36.2. The molecule has 1 aromatic carbocycles. The summed E-state index contributed by atoms with van der Waals surface area (Å²) in [4.78, 5) is 0. The zero-order valence-electron chi connectivity index (χ0n) is 9.57. The monoisotopic (exact) mass is 265 g/mol. The van der Waals surface area contributed by atoms with Gasteiger partial charge in [0.25, 0.3) is 0 Å². The van der Waals surface area contributed by atoms with Crippen molar-refractivity contribution in [2.24, 2.45) is 0 Å². The van der Waals surface area contributed by atoms with Crippen LogP contribution in [0, 0.1) is 0 Å². The van der Waals surface area contributed by atoms with Crippen molar-refractivity contribution in [3.63, 3.8) is 0 Å². The van der Waals surface area contributed by atoms with Gasteiger partial charge in [-0.1, -0.05) is 6.07 Å². The van der Waals surface area contributed by atoms with Gasteiger partial charge in [-0.15, -0.1) is 0 Å². The molecule has 1 aromatic rings. The number of aliphatic hydroxyl groups excluding tert-OH is 1. The Morgan fingerprint density at radius 2 is 1.72 bits per heavy atom. The summed E-state index contributed by atoms with van der Waals surface area (Å²) >= 11 is 0. The zero-order valence-corrected chi connectivity index (χ0v) is 9.57. The SMILES string of the molecule is CC(NCC(O)C(F)(F)F)c1c(O)cccc1O. The molecule has 0 aliphatic heterocycles. The van der Waals surface area contributed by atoms with Gasteiger partial charge < -0.3 is 20.6 Å².